The van der Waals surface area contributed by atoms with Crippen LogP contribution in [0.15, 0.2) is 30.5 Å². The number of benzene rings is 1. The maximum Gasteiger partial charge on any atom is 0.0513 e. The number of likely N-dealkylation sites (N-methyl/N-ethyl adjacent to an activating group) is 1. The minimum absolute atomic E-state index is 1.11. The lowest BCUT2D eigenvalue weighted by Crippen LogP contribution is -2.27. The Morgan fingerprint density at radius 2 is 2.00 bits per heavy atom. The normalized spacial score (nSPS) is 17.7. The smallest absolute Gasteiger partial charge is 0.0513 e. The predicted molar refractivity (Wildman–Crippen MR) is 63.1 cm³/mol. The first kappa shape index (κ1) is 8.98. The van der Waals surface area contributed by atoms with Crippen molar-refractivity contribution in [2.75, 3.05) is 20.1 Å². The highest BCUT2D eigenvalue weighted by molar-refractivity contribution is 5.83. The van der Waals surface area contributed by atoms with Crippen LogP contribution in [-0.4, -0.2) is 29.6 Å². The molecule has 0 saturated heterocycles. The molecule has 0 unspecified atom stereocenters. The number of hydrogen-bond acceptors (Lipinski definition) is 1. The van der Waals surface area contributed by atoms with Crippen molar-refractivity contribution in [3.8, 4) is 0 Å². The second-order valence-corrected chi connectivity index (χ2v) is 4.42. The lowest BCUT2D eigenvalue weighted by molar-refractivity contribution is 0.320. The van der Waals surface area contributed by atoms with Gasteiger partial charge in [0.2, 0.25) is 0 Å². The van der Waals surface area contributed by atoms with Gasteiger partial charge < -0.3 is 9.47 Å². The molecule has 2 heterocycles. The number of hydrogen-bond donors (Lipinski definition) is 0. The van der Waals surface area contributed by atoms with Crippen molar-refractivity contribution in [2.24, 2.45) is 0 Å². The molecule has 0 amide bonds. The van der Waals surface area contributed by atoms with E-state index in [1.807, 2.05) is 0 Å². The van der Waals surface area contributed by atoms with Gasteiger partial charge in [-0.3, -0.25) is 0 Å². The van der Waals surface area contributed by atoms with Crippen LogP contribution in [-0.2, 0) is 13.0 Å². The van der Waals surface area contributed by atoms with E-state index in [1.54, 1.807) is 0 Å². The lowest BCUT2D eigenvalue weighted by Gasteiger charge is -2.21. The maximum atomic E-state index is 2.40. The fourth-order valence-electron chi connectivity index (χ4n) is 2.43. The molecule has 78 valence electrons. The third kappa shape index (κ3) is 1.45. The average molecular weight is 200 g/mol. The van der Waals surface area contributed by atoms with E-state index in [0.29, 0.717) is 0 Å². The number of aromatic nitrogens is 1. The summed E-state index contributed by atoms with van der Waals surface area (Å²) in [4.78, 5) is 2.40. The van der Waals surface area contributed by atoms with Gasteiger partial charge in [-0.1, -0.05) is 18.2 Å². The standard InChI is InChI=1S/C13H16N2/c1-14-7-5-11-3-2-4-12-6-8-15(10-9-14)13(11)12/h2-4,6,8H,5,7,9-10H2,1H3. The van der Waals surface area contributed by atoms with Gasteiger partial charge in [0, 0.05) is 25.8 Å². The van der Waals surface area contributed by atoms with Gasteiger partial charge in [0.25, 0.3) is 0 Å². The van der Waals surface area contributed by atoms with Crippen molar-refractivity contribution < 1.29 is 0 Å². The van der Waals surface area contributed by atoms with E-state index < -0.39 is 0 Å². The molecule has 0 radical (unpaired) electrons. The zero-order valence-corrected chi connectivity index (χ0v) is 9.11. The lowest BCUT2D eigenvalue weighted by atomic mass is 10.1. The molecule has 1 aromatic carbocycles. The van der Waals surface area contributed by atoms with Crippen LogP contribution < -0.4 is 0 Å². The van der Waals surface area contributed by atoms with Crippen molar-refractivity contribution in [1.82, 2.24) is 9.47 Å². The highest BCUT2D eigenvalue weighted by atomic mass is 15.1. The van der Waals surface area contributed by atoms with Crippen LogP contribution in [0.2, 0.25) is 0 Å². The maximum absolute atomic E-state index is 2.40. The monoisotopic (exact) mass is 200 g/mol. The Labute approximate surface area is 90.1 Å². The van der Waals surface area contributed by atoms with Crippen LogP contribution in [0.25, 0.3) is 10.9 Å². The van der Waals surface area contributed by atoms with Gasteiger partial charge in [-0.25, -0.2) is 0 Å². The highest BCUT2D eigenvalue weighted by Crippen LogP contribution is 2.22. The Hall–Kier alpha value is -1.28. The number of rotatable bonds is 0. The second-order valence-electron chi connectivity index (χ2n) is 4.42. The van der Waals surface area contributed by atoms with Crippen molar-refractivity contribution in [3.05, 3.63) is 36.0 Å². The fraction of sp³-hybridized carbons (Fsp3) is 0.385. The van der Waals surface area contributed by atoms with Crippen LogP contribution in [0.4, 0.5) is 0 Å². The third-order valence-corrected chi connectivity index (χ3v) is 3.36. The van der Waals surface area contributed by atoms with Crippen molar-refractivity contribution in [1.29, 1.82) is 0 Å². The van der Waals surface area contributed by atoms with Crippen LogP contribution in [0, 0.1) is 0 Å². The third-order valence-electron chi connectivity index (χ3n) is 3.36. The summed E-state index contributed by atoms with van der Waals surface area (Å²) < 4.78 is 2.39. The fourth-order valence-corrected chi connectivity index (χ4v) is 2.43. The minimum Gasteiger partial charge on any atom is -0.346 e. The minimum atomic E-state index is 1.11. The van der Waals surface area contributed by atoms with Crippen LogP contribution in [0.3, 0.4) is 0 Å². The Morgan fingerprint density at radius 1 is 1.07 bits per heavy atom. The molecule has 2 nitrogen and oxygen atoms in total. The molecular formula is C13H16N2. The van der Waals surface area contributed by atoms with Crippen molar-refractivity contribution in [3.63, 3.8) is 0 Å². The molecular weight excluding hydrogens is 184 g/mol. The Kier molecular flexibility index (Phi) is 2.03. The van der Waals surface area contributed by atoms with Gasteiger partial charge in [-0.05, 0) is 30.5 Å². The summed E-state index contributed by atoms with van der Waals surface area (Å²) >= 11 is 0. The van der Waals surface area contributed by atoms with E-state index in [2.05, 4.69) is 47.0 Å². The van der Waals surface area contributed by atoms with Gasteiger partial charge in [0.05, 0.1) is 5.52 Å². The summed E-state index contributed by atoms with van der Waals surface area (Å²) in [5, 5.41) is 1.39. The molecule has 0 fully saturated rings. The quantitative estimate of drug-likeness (QED) is 0.632. The zero-order valence-electron chi connectivity index (χ0n) is 9.11. The van der Waals surface area contributed by atoms with Crippen molar-refractivity contribution >= 4 is 10.9 Å². The van der Waals surface area contributed by atoms with E-state index >= 15 is 0 Å². The Bertz CT molecular complexity index is 484. The van der Waals surface area contributed by atoms with Gasteiger partial charge in [-0.15, -0.1) is 0 Å². The van der Waals surface area contributed by atoms with Crippen LogP contribution in [0.5, 0.6) is 0 Å². The zero-order chi connectivity index (χ0) is 10.3. The molecule has 1 aromatic heterocycles. The molecule has 0 spiro atoms. The molecule has 0 N–H and O–H groups in total. The summed E-state index contributed by atoms with van der Waals surface area (Å²) in [6.07, 6.45) is 3.38. The van der Waals surface area contributed by atoms with Gasteiger partial charge in [0.15, 0.2) is 0 Å². The largest absolute Gasteiger partial charge is 0.346 e. The van der Waals surface area contributed by atoms with Gasteiger partial charge in [0.1, 0.15) is 0 Å². The molecule has 2 heteroatoms. The van der Waals surface area contributed by atoms with E-state index in [0.717, 1.165) is 19.5 Å². The summed E-state index contributed by atoms with van der Waals surface area (Å²) in [5.41, 5.74) is 2.94. The Morgan fingerprint density at radius 3 is 2.93 bits per heavy atom. The first-order valence-electron chi connectivity index (χ1n) is 5.60. The molecule has 1 aliphatic rings. The van der Waals surface area contributed by atoms with Crippen LogP contribution >= 0.6 is 0 Å². The van der Waals surface area contributed by atoms with E-state index in [-0.39, 0.29) is 0 Å². The molecule has 0 aliphatic carbocycles. The van der Waals surface area contributed by atoms with Crippen molar-refractivity contribution in [2.45, 2.75) is 13.0 Å². The first-order valence-corrected chi connectivity index (χ1v) is 5.60. The van der Waals surface area contributed by atoms with E-state index in [9.17, 15) is 0 Å². The van der Waals surface area contributed by atoms with E-state index in [4.69, 9.17) is 0 Å². The second kappa shape index (κ2) is 3.38. The SMILES string of the molecule is CN1CCc2cccc3ccn(c23)CC1. The summed E-state index contributed by atoms with van der Waals surface area (Å²) in [6, 6.07) is 8.87. The topological polar surface area (TPSA) is 8.17 Å². The molecule has 0 bridgehead atoms. The predicted octanol–water partition coefficient (Wildman–Crippen LogP) is 2.13. The first-order chi connectivity index (χ1) is 7.34. The molecule has 1 aliphatic heterocycles. The number of nitrogens with zero attached hydrogens (tertiary/aromatic N) is 2. The molecule has 0 atom stereocenters. The summed E-state index contributed by atoms with van der Waals surface area (Å²) in [5.74, 6) is 0. The molecule has 15 heavy (non-hydrogen) atoms. The highest BCUT2D eigenvalue weighted by Gasteiger charge is 2.11. The van der Waals surface area contributed by atoms with Gasteiger partial charge in [-0.2, -0.15) is 0 Å². The van der Waals surface area contributed by atoms with Gasteiger partial charge >= 0.3 is 0 Å². The van der Waals surface area contributed by atoms with E-state index in [1.165, 1.54) is 23.0 Å². The summed E-state index contributed by atoms with van der Waals surface area (Å²) in [6.45, 7) is 3.43. The molecule has 0 saturated carbocycles. The summed E-state index contributed by atoms with van der Waals surface area (Å²) in [7, 11) is 2.20. The molecule has 3 rings (SSSR count). The number of para-hydroxylation sites is 1. The molecule has 2 aromatic rings. The Balaban J connectivity index is 2.19. The van der Waals surface area contributed by atoms with Crippen LogP contribution in [0.1, 0.15) is 5.56 Å². The average Bonchev–Trinajstić information content (AvgIpc) is 2.65.